The van der Waals surface area contributed by atoms with E-state index in [0.29, 0.717) is 26.1 Å². The van der Waals surface area contributed by atoms with Gasteiger partial charge in [0.05, 0.1) is 11.8 Å². The van der Waals surface area contributed by atoms with Gasteiger partial charge in [-0.3, -0.25) is 14.5 Å². The van der Waals surface area contributed by atoms with Crippen LogP contribution in [0.2, 0.25) is 0 Å². The summed E-state index contributed by atoms with van der Waals surface area (Å²) in [5.74, 6) is 1.36. The second-order valence-electron chi connectivity index (χ2n) is 11.6. The number of ether oxygens (including phenoxy) is 2. The van der Waals surface area contributed by atoms with Crippen molar-refractivity contribution in [3.05, 3.63) is 0 Å². The van der Waals surface area contributed by atoms with Crippen LogP contribution < -0.4 is 0 Å². The Balaban J connectivity index is 2.41. The lowest BCUT2D eigenvalue weighted by molar-refractivity contribution is -0.152. The van der Waals surface area contributed by atoms with Crippen molar-refractivity contribution < 1.29 is 19.1 Å². The number of hydrogen-bond acceptors (Lipinski definition) is 8. The Morgan fingerprint density at radius 1 is 0.806 bits per heavy atom. The molecule has 0 bridgehead atoms. The second kappa shape index (κ2) is 16.5. The van der Waals surface area contributed by atoms with E-state index in [9.17, 15) is 9.59 Å². The molecule has 0 radical (unpaired) electrons. The minimum atomic E-state index is -0.277. The molecular weight excluding hydrogens is 492 g/mol. The van der Waals surface area contributed by atoms with Crippen LogP contribution in [0.1, 0.15) is 93.9 Å². The second-order valence-corrected chi connectivity index (χ2v) is 14.1. The highest BCUT2D eigenvalue weighted by Crippen LogP contribution is 2.43. The smallest absolute Gasteiger partial charge is 0.307 e. The lowest BCUT2D eigenvalue weighted by Crippen LogP contribution is -2.44. The third-order valence-corrected chi connectivity index (χ3v) is 10.8. The van der Waals surface area contributed by atoms with Crippen LogP contribution in [0.4, 0.5) is 0 Å². The molecule has 1 saturated heterocycles. The SMILES string of the molecule is CCN(CCCN(CC)C(C)(C)CC)CCC(=O)OCC1(COC(=O)CCC(C)(C)CC)CSSC1. The standard InChI is InChI=1S/C28H54N2O4S2/c1-9-26(5,6)16-14-24(31)33-20-28(22-35-36-23-28)21-34-25(32)15-19-29(11-3)17-13-18-30(12-4)27(7,8)10-2/h9-23H2,1-8H3. The molecule has 212 valence electrons. The molecule has 1 rings (SSSR count). The Bertz CT molecular complexity index is 651. The van der Waals surface area contributed by atoms with E-state index in [-0.39, 0.29) is 28.3 Å². The number of carbonyl (C=O) groups excluding carboxylic acids is 2. The zero-order valence-electron chi connectivity index (χ0n) is 24.5. The zero-order valence-corrected chi connectivity index (χ0v) is 26.1. The number of nitrogens with zero attached hydrogens (tertiary/aromatic N) is 2. The minimum Gasteiger partial charge on any atom is -0.465 e. The van der Waals surface area contributed by atoms with Gasteiger partial charge in [-0.1, -0.05) is 69.6 Å². The number of esters is 2. The Morgan fingerprint density at radius 3 is 1.89 bits per heavy atom. The molecule has 0 spiro atoms. The number of carbonyl (C=O) groups is 2. The maximum atomic E-state index is 12.6. The predicted molar refractivity (Wildman–Crippen MR) is 156 cm³/mol. The van der Waals surface area contributed by atoms with Gasteiger partial charge in [0.15, 0.2) is 0 Å². The van der Waals surface area contributed by atoms with E-state index >= 15 is 0 Å². The highest BCUT2D eigenvalue weighted by atomic mass is 33.1. The van der Waals surface area contributed by atoms with Gasteiger partial charge < -0.3 is 14.4 Å². The molecule has 36 heavy (non-hydrogen) atoms. The molecule has 0 N–H and O–H groups in total. The molecule has 0 saturated carbocycles. The summed E-state index contributed by atoms with van der Waals surface area (Å²) in [4.78, 5) is 29.8. The van der Waals surface area contributed by atoms with Gasteiger partial charge in [0.25, 0.3) is 0 Å². The molecule has 0 aromatic rings. The average Bonchev–Trinajstić information content (AvgIpc) is 3.33. The summed E-state index contributed by atoms with van der Waals surface area (Å²) in [6.07, 6.45) is 4.94. The number of rotatable bonds is 19. The molecule has 1 heterocycles. The quantitative estimate of drug-likeness (QED) is 0.139. The van der Waals surface area contributed by atoms with Crippen molar-refractivity contribution in [2.45, 2.75) is 99.5 Å². The van der Waals surface area contributed by atoms with Crippen LogP contribution in [-0.2, 0) is 19.1 Å². The third-order valence-electron chi connectivity index (χ3n) is 7.94. The van der Waals surface area contributed by atoms with Crippen LogP contribution in [0.3, 0.4) is 0 Å². The molecule has 1 aliphatic heterocycles. The van der Waals surface area contributed by atoms with Gasteiger partial charge in [-0.2, -0.15) is 0 Å². The molecule has 6 nitrogen and oxygen atoms in total. The molecule has 0 atom stereocenters. The van der Waals surface area contributed by atoms with Crippen molar-refractivity contribution in [1.29, 1.82) is 0 Å². The summed E-state index contributed by atoms with van der Waals surface area (Å²) in [6.45, 7) is 23.2. The van der Waals surface area contributed by atoms with Gasteiger partial charge >= 0.3 is 11.9 Å². The summed E-state index contributed by atoms with van der Waals surface area (Å²) in [5, 5.41) is 0. The molecule has 0 aliphatic carbocycles. The summed E-state index contributed by atoms with van der Waals surface area (Å²) in [6, 6.07) is 0. The Labute approximate surface area is 229 Å². The average molecular weight is 547 g/mol. The van der Waals surface area contributed by atoms with Gasteiger partial charge in [-0.05, 0) is 64.7 Å². The van der Waals surface area contributed by atoms with Gasteiger partial charge in [0.1, 0.15) is 13.2 Å². The van der Waals surface area contributed by atoms with Crippen LogP contribution >= 0.6 is 21.6 Å². The molecule has 0 unspecified atom stereocenters. The number of hydrogen-bond donors (Lipinski definition) is 0. The first kappa shape index (κ1) is 33.6. The van der Waals surface area contributed by atoms with E-state index in [1.54, 1.807) is 21.6 Å². The van der Waals surface area contributed by atoms with Crippen LogP contribution in [-0.4, -0.2) is 84.7 Å². The largest absolute Gasteiger partial charge is 0.465 e. The van der Waals surface area contributed by atoms with E-state index in [4.69, 9.17) is 9.47 Å². The van der Waals surface area contributed by atoms with E-state index in [0.717, 1.165) is 69.9 Å². The molecule has 1 fully saturated rings. The van der Waals surface area contributed by atoms with Gasteiger partial charge in [0.2, 0.25) is 0 Å². The van der Waals surface area contributed by atoms with Crippen molar-refractivity contribution >= 4 is 33.5 Å². The fraction of sp³-hybridized carbons (Fsp3) is 0.929. The lowest BCUT2D eigenvalue weighted by atomic mass is 9.85. The molecule has 0 amide bonds. The van der Waals surface area contributed by atoms with Gasteiger partial charge in [-0.15, -0.1) is 0 Å². The summed E-state index contributed by atoms with van der Waals surface area (Å²) in [7, 11) is 3.53. The first-order valence-electron chi connectivity index (χ1n) is 14.0. The fourth-order valence-corrected chi connectivity index (χ4v) is 7.42. The lowest BCUT2D eigenvalue weighted by Gasteiger charge is -2.37. The maximum Gasteiger partial charge on any atom is 0.307 e. The molecule has 1 aliphatic rings. The van der Waals surface area contributed by atoms with E-state index < -0.39 is 0 Å². The van der Waals surface area contributed by atoms with E-state index in [1.165, 1.54) is 0 Å². The predicted octanol–water partition coefficient (Wildman–Crippen LogP) is 6.28. The highest BCUT2D eigenvalue weighted by Gasteiger charge is 2.38. The highest BCUT2D eigenvalue weighted by molar-refractivity contribution is 8.77. The first-order chi connectivity index (χ1) is 16.9. The Kier molecular flexibility index (Phi) is 15.4. The third kappa shape index (κ3) is 12.4. The molecule has 0 aromatic heterocycles. The normalized spacial score (nSPS) is 16.1. The van der Waals surface area contributed by atoms with Crippen LogP contribution in [0.25, 0.3) is 0 Å². The Morgan fingerprint density at radius 2 is 1.39 bits per heavy atom. The summed E-state index contributed by atoms with van der Waals surface area (Å²) >= 11 is 0. The van der Waals surface area contributed by atoms with Gasteiger partial charge in [0, 0.05) is 30.0 Å². The topological polar surface area (TPSA) is 59.1 Å². The molecule has 0 aromatic carbocycles. The first-order valence-corrected chi connectivity index (χ1v) is 16.4. The van der Waals surface area contributed by atoms with Crippen molar-refractivity contribution in [1.82, 2.24) is 9.80 Å². The van der Waals surface area contributed by atoms with Crippen molar-refractivity contribution in [2.24, 2.45) is 10.8 Å². The van der Waals surface area contributed by atoms with Crippen molar-refractivity contribution in [2.75, 3.05) is 57.4 Å². The van der Waals surface area contributed by atoms with Crippen molar-refractivity contribution in [3.8, 4) is 0 Å². The summed E-state index contributed by atoms with van der Waals surface area (Å²) < 4.78 is 11.4. The molecular formula is C28H54N2O4S2. The van der Waals surface area contributed by atoms with Crippen molar-refractivity contribution in [3.63, 3.8) is 0 Å². The monoisotopic (exact) mass is 546 g/mol. The Hall–Kier alpha value is -0.440. The maximum absolute atomic E-state index is 12.6. The van der Waals surface area contributed by atoms with E-state index in [1.807, 2.05) is 0 Å². The fourth-order valence-electron chi connectivity index (χ4n) is 4.09. The van der Waals surface area contributed by atoms with Crippen LogP contribution in [0.15, 0.2) is 0 Å². The minimum absolute atomic E-state index is 0.147. The van der Waals surface area contributed by atoms with Gasteiger partial charge in [-0.25, -0.2) is 0 Å². The van der Waals surface area contributed by atoms with E-state index in [2.05, 4.69) is 65.2 Å². The van der Waals surface area contributed by atoms with Crippen LogP contribution in [0.5, 0.6) is 0 Å². The van der Waals surface area contributed by atoms with Crippen LogP contribution in [0, 0.1) is 10.8 Å². The zero-order chi connectivity index (χ0) is 27.2. The summed E-state index contributed by atoms with van der Waals surface area (Å²) in [5.41, 5.74) is 0.100. The molecule has 8 heteroatoms.